The summed E-state index contributed by atoms with van der Waals surface area (Å²) >= 11 is 0. The van der Waals surface area contributed by atoms with Crippen LogP contribution in [0.15, 0.2) is 30.3 Å². The smallest absolute Gasteiger partial charge is 0.0846 e. The molecule has 1 aromatic heterocycles. The molecular formula is C18H23NO2. The van der Waals surface area contributed by atoms with Gasteiger partial charge in [0.25, 0.3) is 0 Å². The maximum absolute atomic E-state index is 10.8. The maximum atomic E-state index is 10.8. The number of hydrogen-bond donors (Lipinski definition) is 1. The van der Waals surface area contributed by atoms with Crippen LogP contribution in [0.25, 0.3) is 10.9 Å². The van der Waals surface area contributed by atoms with E-state index in [0.29, 0.717) is 5.92 Å². The van der Waals surface area contributed by atoms with Gasteiger partial charge in [-0.25, -0.2) is 0 Å². The summed E-state index contributed by atoms with van der Waals surface area (Å²) in [5.74, 6) is 0.484. The molecule has 1 aromatic carbocycles. The van der Waals surface area contributed by atoms with Gasteiger partial charge in [-0.15, -0.1) is 0 Å². The first-order chi connectivity index (χ1) is 9.97. The fourth-order valence-corrected chi connectivity index (χ4v) is 3.49. The Kier molecular flexibility index (Phi) is 3.72. The van der Waals surface area contributed by atoms with Gasteiger partial charge in [0.15, 0.2) is 0 Å². The van der Waals surface area contributed by atoms with Crippen molar-refractivity contribution in [3.63, 3.8) is 0 Å². The second kappa shape index (κ2) is 5.39. The maximum Gasteiger partial charge on any atom is 0.0846 e. The molecule has 3 rings (SSSR count). The van der Waals surface area contributed by atoms with Crippen LogP contribution in [-0.4, -0.2) is 22.3 Å². The van der Waals surface area contributed by atoms with Gasteiger partial charge in [-0.3, -0.25) is 4.98 Å². The zero-order valence-corrected chi connectivity index (χ0v) is 13.1. The summed E-state index contributed by atoms with van der Waals surface area (Å²) in [7, 11) is 0. The largest absolute Gasteiger partial charge is 0.388 e. The molecule has 1 saturated heterocycles. The van der Waals surface area contributed by atoms with Gasteiger partial charge in [-0.2, -0.15) is 0 Å². The van der Waals surface area contributed by atoms with E-state index in [1.54, 1.807) is 0 Å². The highest BCUT2D eigenvalue weighted by Crippen LogP contribution is 2.40. The molecule has 0 bridgehead atoms. The number of ether oxygens (including phenoxy) is 1. The van der Waals surface area contributed by atoms with Crippen LogP contribution in [0.1, 0.15) is 38.1 Å². The monoisotopic (exact) mass is 285 g/mol. The Bertz CT molecular complexity index is 655. The fraction of sp³-hybridized carbons (Fsp3) is 0.500. The number of aliphatic hydroxyl groups is 1. The highest BCUT2D eigenvalue weighted by molar-refractivity contribution is 5.79. The zero-order valence-electron chi connectivity index (χ0n) is 13.1. The van der Waals surface area contributed by atoms with Crippen LogP contribution < -0.4 is 0 Å². The van der Waals surface area contributed by atoms with E-state index in [2.05, 4.69) is 37.9 Å². The average Bonchev–Trinajstić information content (AvgIpc) is 2.71. The second-order valence-corrected chi connectivity index (χ2v) is 6.33. The molecule has 3 nitrogen and oxygen atoms in total. The topological polar surface area (TPSA) is 42.4 Å². The average molecular weight is 285 g/mol. The van der Waals surface area contributed by atoms with Gasteiger partial charge in [0.05, 0.1) is 23.8 Å². The number of pyridine rings is 1. The van der Waals surface area contributed by atoms with Crippen molar-refractivity contribution in [2.24, 2.45) is 11.8 Å². The summed E-state index contributed by atoms with van der Waals surface area (Å²) in [6.45, 7) is 8.29. The Labute approximate surface area is 126 Å². The minimum atomic E-state index is -0.495. The minimum absolute atomic E-state index is 0.0804. The number of hydrogen-bond acceptors (Lipinski definition) is 3. The molecule has 1 aliphatic heterocycles. The molecule has 1 fully saturated rings. The lowest BCUT2D eigenvalue weighted by molar-refractivity contribution is 0.0231. The first-order valence-corrected chi connectivity index (χ1v) is 7.68. The third-order valence-electron chi connectivity index (χ3n) is 4.88. The van der Waals surface area contributed by atoms with E-state index in [-0.39, 0.29) is 18.1 Å². The summed E-state index contributed by atoms with van der Waals surface area (Å²) in [5, 5.41) is 11.9. The predicted octanol–water partition coefficient (Wildman–Crippen LogP) is 3.64. The molecule has 3 heteroatoms. The first-order valence-electron chi connectivity index (χ1n) is 7.68. The molecule has 2 heterocycles. The highest BCUT2D eigenvalue weighted by Gasteiger charge is 2.41. The molecule has 0 amide bonds. The number of aromatic nitrogens is 1. The summed E-state index contributed by atoms with van der Waals surface area (Å²) in [4.78, 5) is 4.51. The molecular weight excluding hydrogens is 262 g/mol. The van der Waals surface area contributed by atoms with Crippen molar-refractivity contribution in [1.82, 2.24) is 4.98 Å². The number of fused-ring (bicyclic) bond motifs is 1. The quantitative estimate of drug-likeness (QED) is 0.916. The number of aryl methyl sites for hydroxylation is 1. The minimum Gasteiger partial charge on any atom is -0.388 e. The van der Waals surface area contributed by atoms with E-state index < -0.39 is 6.10 Å². The molecule has 5 unspecified atom stereocenters. The van der Waals surface area contributed by atoms with Crippen LogP contribution in [0.2, 0.25) is 0 Å². The van der Waals surface area contributed by atoms with Crippen molar-refractivity contribution >= 4 is 10.9 Å². The Hall–Kier alpha value is -1.45. The second-order valence-electron chi connectivity index (χ2n) is 6.33. The van der Waals surface area contributed by atoms with Gasteiger partial charge in [-0.1, -0.05) is 19.1 Å². The number of rotatable bonds is 2. The van der Waals surface area contributed by atoms with Gasteiger partial charge in [0.2, 0.25) is 0 Å². The van der Waals surface area contributed by atoms with E-state index in [0.717, 1.165) is 22.2 Å². The Morgan fingerprint density at radius 2 is 1.86 bits per heavy atom. The third-order valence-corrected chi connectivity index (χ3v) is 4.88. The van der Waals surface area contributed by atoms with Crippen molar-refractivity contribution < 1.29 is 9.84 Å². The summed E-state index contributed by atoms with van der Waals surface area (Å²) in [5.41, 5.74) is 2.94. The van der Waals surface area contributed by atoms with Gasteiger partial charge in [0, 0.05) is 17.0 Å². The van der Waals surface area contributed by atoms with Crippen LogP contribution in [-0.2, 0) is 4.74 Å². The summed E-state index contributed by atoms with van der Waals surface area (Å²) < 4.78 is 5.86. The van der Waals surface area contributed by atoms with Crippen LogP contribution in [0, 0.1) is 18.8 Å². The fourth-order valence-electron chi connectivity index (χ4n) is 3.49. The van der Waals surface area contributed by atoms with Gasteiger partial charge in [0.1, 0.15) is 0 Å². The van der Waals surface area contributed by atoms with E-state index in [9.17, 15) is 5.11 Å². The zero-order chi connectivity index (χ0) is 15.1. The molecule has 21 heavy (non-hydrogen) atoms. The van der Waals surface area contributed by atoms with Crippen molar-refractivity contribution in [2.75, 3.05) is 0 Å². The molecule has 0 spiro atoms. The van der Waals surface area contributed by atoms with Gasteiger partial charge < -0.3 is 9.84 Å². The molecule has 2 aromatic rings. The molecule has 1 aliphatic rings. The molecule has 1 N–H and O–H groups in total. The number of nitrogens with zero attached hydrogens (tertiary/aromatic N) is 1. The Morgan fingerprint density at radius 1 is 1.10 bits per heavy atom. The SMILES string of the molecule is Cc1ccc2cc(C(O)C3C(C)OC(C)C3C)ccc2n1. The summed E-state index contributed by atoms with van der Waals surface area (Å²) in [6.07, 6.45) is -0.216. The van der Waals surface area contributed by atoms with Crippen molar-refractivity contribution in [3.8, 4) is 0 Å². The molecule has 0 saturated carbocycles. The normalized spacial score (nSPS) is 30.7. The molecule has 0 aliphatic carbocycles. The predicted molar refractivity (Wildman–Crippen MR) is 84.1 cm³/mol. The van der Waals surface area contributed by atoms with E-state index in [1.807, 2.05) is 25.1 Å². The molecule has 112 valence electrons. The van der Waals surface area contributed by atoms with Crippen LogP contribution in [0.3, 0.4) is 0 Å². The lowest BCUT2D eigenvalue weighted by Gasteiger charge is -2.25. The van der Waals surface area contributed by atoms with Gasteiger partial charge in [-0.05, 0) is 50.5 Å². The Balaban J connectivity index is 1.94. The standard InChI is InChI=1S/C18H23NO2/c1-10-5-6-14-9-15(7-8-16(14)19-10)18(20)17-11(2)12(3)21-13(17)4/h5-9,11-13,17-18,20H,1-4H3. The summed E-state index contributed by atoms with van der Waals surface area (Å²) in [6, 6.07) is 10.1. The first kappa shape index (κ1) is 14.5. The van der Waals surface area contributed by atoms with E-state index in [1.165, 1.54) is 0 Å². The third kappa shape index (κ3) is 2.56. The van der Waals surface area contributed by atoms with Crippen molar-refractivity contribution in [3.05, 3.63) is 41.6 Å². The lowest BCUT2D eigenvalue weighted by Crippen LogP contribution is -2.24. The van der Waals surface area contributed by atoms with Crippen molar-refractivity contribution in [2.45, 2.75) is 46.0 Å². The van der Waals surface area contributed by atoms with E-state index in [4.69, 9.17) is 4.74 Å². The van der Waals surface area contributed by atoms with Crippen LogP contribution >= 0.6 is 0 Å². The molecule has 0 radical (unpaired) electrons. The van der Waals surface area contributed by atoms with Gasteiger partial charge >= 0.3 is 0 Å². The van der Waals surface area contributed by atoms with Crippen molar-refractivity contribution in [1.29, 1.82) is 0 Å². The number of benzene rings is 1. The van der Waals surface area contributed by atoms with E-state index >= 15 is 0 Å². The highest BCUT2D eigenvalue weighted by atomic mass is 16.5. The van der Waals surface area contributed by atoms with Crippen LogP contribution in [0.5, 0.6) is 0 Å². The van der Waals surface area contributed by atoms with Crippen LogP contribution in [0.4, 0.5) is 0 Å². The lowest BCUT2D eigenvalue weighted by atomic mass is 9.82. The number of aliphatic hydroxyl groups excluding tert-OH is 1. The Morgan fingerprint density at radius 3 is 2.52 bits per heavy atom. The molecule has 5 atom stereocenters.